The first-order valence-corrected chi connectivity index (χ1v) is 7.61. The summed E-state index contributed by atoms with van der Waals surface area (Å²) in [7, 11) is 0. The standard InChI is InChI=1S/C15H19NO3S/c17-9-5-1-4-8-16-10-12-11-6-2-3-7-13(11)20-14(12)15(18)19/h2-3,6-7,16-17H,1,4-5,8-10H2,(H,18,19). The van der Waals surface area contributed by atoms with Crippen molar-refractivity contribution in [3.05, 3.63) is 34.7 Å². The molecule has 0 atom stereocenters. The Kier molecular flexibility index (Phi) is 5.52. The van der Waals surface area contributed by atoms with E-state index in [1.54, 1.807) is 0 Å². The van der Waals surface area contributed by atoms with E-state index in [-0.39, 0.29) is 6.61 Å². The lowest BCUT2D eigenvalue weighted by Gasteiger charge is -2.05. The van der Waals surface area contributed by atoms with E-state index in [4.69, 9.17) is 5.11 Å². The van der Waals surface area contributed by atoms with Crippen LogP contribution in [-0.4, -0.2) is 29.3 Å². The summed E-state index contributed by atoms with van der Waals surface area (Å²) < 4.78 is 1.02. The Hall–Kier alpha value is -1.43. The summed E-state index contributed by atoms with van der Waals surface area (Å²) in [6.07, 6.45) is 2.80. The van der Waals surface area contributed by atoms with Crippen LogP contribution in [0.4, 0.5) is 0 Å². The number of unbranched alkanes of at least 4 members (excludes halogenated alkanes) is 2. The summed E-state index contributed by atoms with van der Waals surface area (Å²) in [6.45, 7) is 1.65. The number of carboxylic acid groups (broad SMARTS) is 1. The highest BCUT2D eigenvalue weighted by atomic mass is 32.1. The Labute approximate surface area is 122 Å². The lowest BCUT2D eigenvalue weighted by Crippen LogP contribution is -2.16. The molecule has 0 unspecified atom stereocenters. The van der Waals surface area contributed by atoms with Gasteiger partial charge in [-0.1, -0.05) is 18.2 Å². The topological polar surface area (TPSA) is 69.6 Å². The molecule has 0 amide bonds. The molecule has 2 rings (SSSR count). The number of aliphatic hydroxyl groups excluding tert-OH is 1. The van der Waals surface area contributed by atoms with E-state index in [9.17, 15) is 9.90 Å². The van der Waals surface area contributed by atoms with Gasteiger partial charge in [0, 0.05) is 17.9 Å². The van der Waals surface area contributed by atoms with Crippen molar-refractivity contribution in [2.75, 3.05) is 13.2 Å². The molecule has 4 nitrogen and oxygen atoms in total. The second kappa shape index (κ2) is 7.38. The molecule has 0 aliphatic carbocycles. The number of carboxylic acids is 1. The maximum absolute atomic E-state index is 11.3. The lowest BCUT2D eigenvalue weighted by atomic mass is 10.1. The summed E-state index contributed by atoms with van der Waals surface area (Å²) in [6, 6.07) is 7.79. The van der Waals surface area contributed by atoms with Crippen LogP contribution in [0.15, 0.2) is 24.3 Å². The zero-order valence-corrected chi connectivity index (χ0v) is 12.1. The smallest absolute Gasteiger partial charge is 0.346 e. The molecule has 0 aliphatic rings. The Morgan fingerprint density at radius 2 is 2.00 bits per heavy atom. The normalized spacial score (nSPS) is 11.1. The summed E-state index contributed by atoms with van der Waals surface area (Å²) in [5, 5.41) is 22.3. The summed E-state index contributed by atoms with van der Waals surface area (Å²) in [5.74, 6) is -0.858. The molecule has 0 spiro atoms. The van der Waals surface area contributed by atoms with Crippen molar-refractivity contribution in [1.29, 1.82) is 0 Å². The zero-order valence-electron chi connectivity index (χ0n) is 11.3. The van der Waals surface area contributed by atoms with Gasteiger partial charge in [0.05, 0.1) is 0 Å². The van der Waals surface area contributed by atoms with Gasteiger partial charge in [0.25, 0.3) is 0 Å². The first kappa shape index (κ1) is 15.0. The molecular weight excluding hydrogens is 274 g/mol. The van der Waals surface area contributed by atoms with Crippen LogP contribution in [0.2, 0.25) is 0 Å². The van der Waals surface area contributed by atoms with Crippen molar-refractivity contribution in [2.45, 2.75) is 25.8 Å². The van der Waals surface area contributed by atoms with Crippen molar-refractivity contribution >= 4 is 27.4 Å². The number of aromatic carboxylic acids is 1. The van der Waals surface area contributed by atoms with Gasteiger partial charge in [-0.05, 0) is 42.8 Å². The van der Waals surface area contributed by atoms with Gasteiger partial charge < -0.3 is 15.5 Å². The van der Waals surface area contributed by atoms with E-state index >= 15 is 0 Å². The molecule has 0 fully saturated rings. The average Bonchev–Trinajstić information content (AvgIpc) is 2.82. The first-order valence-electron chi connectivity index (χ1n) is 6.79. The predicted octanol–water partition coefficient (Wildman–Crippen LogP) is 2.85. The van der Waals surface area contributed by atoms with Gasteiger partial charge in [-0.2, -0.15) is 0 Å². The molecule has 3 N–H and O–H groups in total. The van der Waals surface area contributed by atoms with E-state index in [0.29, 0.717) is 11.4 Å². The van der Waals surface area contributed by atoms with Gasteiger partial charge in [0.1, 0.15) is 4.88 Å². The van der Waals surface area contributed by atoms with Gasteiger partial charge in [-0.3, -0.25) is 0 Å². The van der Waals surface area contributed by atoms with E-state index in [2.05, 4.69) is 5.32 Å². The average molecular weight is 293 g/mol. The molecule has 0 saturated carbocycles. The second-order valence-electron chi connectivity index (χ2n) is 4.67. The number of rotatable bonds is 8. The Morgan fingerprint density at radius 3 is 2.75 bits per heavy atom. The first-order chi connectivity index (χ1) is 9.74. The van der Waals surface area contributed by atoms with E-state index in [1.807, 2.05) is 24.3 Å². The third-order valence-corrected chi connectivity index (χ3v) is 4.41. The predicted molar refractivity (Wildman–Crippen MR) is 81.4 cm³/mol. The van der Waals surface area contributed by atoms with Gasteiger partial charge in [0.2, 0.25) is 0 Å². The van der Waals surface area contributed by atoms with Gasteiger partial charge >= 0.3 is 5.97 Å². The Bertz CT molecular complexity index is 580. The van der Waals surface area contributed by atoms with E-state index < -0.39 is 5.97 Å². The van der Waals surface area contributed by atoms with Crippen LogP contribution in [-0.2, 0) is 6.54 Å². The summed E-state index contributed by atoms with van der Waals surface area (Å²) in [4.78, 5) is 11.7. The molecule has 5 heteroatoms. The molecule has 2 aromatic rings. The highest BCUT2D eigenvalue weighted by Gasteiger charge is 2.16. The van der Waals surface area contributed by atoms with Gasteiger partial charge in [0.15, 0.2) is 0 Å². The maximum atomic E-state index is 11.3. The van der Waals surface area contributed by atoms with Crippen molar-refractivity contribution in [2.24, 2.45) is 0 Å². The van der Waals surface area contributed by atoms with Crippen LogP contribution < -0.4 is 5.32 Å². The summed E-state index contributed by atoms with van der Waals surface area (Å²) in [5.41, 5.74) is 0.875. The van der Waals surface area contributed by atoms with Crippen LogP contribution in [0.5, 0.6) is 0 Å². The molecule has 1 aromatic carbocycles. The second-order valence-corrected chi connectivity index (χ2v) is 5.72. The van der Waals surface area contributed by atoms with Crippen molar-refractivity contribution in [3.8, 4) is 0 Å². The number of carbonyl (C=O) groups is 1. The molecule has 20 heavy (non-hydrogen) atoms. The van der Waals surface area contributed by atoms with E-state index in [1.165, 1.54) is 11.3 Å². The largest absolute Gasteiger partial charge is 0.477 e. The Balaban J connectivity index is 2.04. The lowest BCUT2D eigenvalue weighted by molar-refractivity contribution is 0.0701. The van der Waals surface area contributed by atoms with Crippen LogP contribution in [0.3, 0.4) is 0 Å². The fraction of sp³-hybridized carbons (Fsp3) is 0.400. The number of hydrogen-bond acceptors (Lipinski definition) is 4. The summed E-state index contributed by atoms with van der Waals surface area (Å²) >= 11 is 1.33. The molecule has 1 heterocycles. The van der Waals surface area contributed by atoms with Gasteiger partial charge in [-0.15, -0.1) is 11.3 Å². The minimum absolute atomic E-state index is 0.234. The van der Waals surface area contributed by atoms with Crippen LogP contribution >= 0.6 is 11.3 Å². The third-order valence-electron chi connectivity index (χ3n) is 3.21. The zero-order chi connectivity index (χ0) is 14.4. The number of benzene rings is 1. The molecule has 0 aliphatic heterocycles. The number of aliphatic hydroxyl groups is 1. The van der Waals surface area contributed by atoms with Gasteiger partial charge in [-0.25, -0.2) is 4.79 Å². The highest BCUT2D eigenvalue weighted by molar-refractivity contribution is 7.21. The van der Waals surface area contributed by atoms with Crippen LogP contribution in [0, 0.1) is 0 Å². The third kappa shape index (κ3) is 3.56. The minimum atomic E-state index is -0.858. The molecule has 0 saturated heterocycles. The number of nitrogens with one attached hydrogen (secondary N) is 1. The van der Waals surface area contributed by atoms with Crippen LogP contribution in [0.1, 0.15) is 34.5 Å². The molecule has 0 bridgehead atoms. The molecule has 108 valence electrons. The van der Waals surface area contributed by atoms with Crippen molar-refractivity contribution in [1.82, 2.24) is 5.32 Å². The highest BCUT2D eigenvalue weighted by Crippen LogP contribution is 2.31. The minimum Gasteiger partial charge on any atom is -0.477 e. The quantitative estimate of drug-likeness (QED) is 0.655. The van der Waals surface area contributed by atoms with Crippen LogP contribution in [0.25, 0.3) is 10.1 Å². The fourth-order valence-electron chi connectivity index (χ4n) is 2.20. The monoisotopic (exact) mass is 293 g/mol. The number of thiophene rings is 1. The van der Waals surface area contributed by atoms with E-state index in [0.717, 1.165) is 41.5 Å². The SMILES string of the molecule is O=C(O)c1sc2ccccc2c1CNCCCCCO. The Morgan fingerprint density at radius 1 is 1.20 bits per heavy atom. The fourth-order valence-corrected chi connectivity index (χ4v) is 3.26. The number of fused-ring (bicyclic) bond motifs is 1. The number of hydrogen-bond donors (Lipinski definition) is 3. The molecular formula is C15H19NO3S. The van der Waals surface area contributed by atoms with Crippen molar-refractivity contribution < 1.29 is 15.0 Å². The molecule has 0 radical (unpaired) electrons. The maximum Gasteiger partial charge on any atom is 0.346 e. The van der Waals surface area contributed by atoms with Crippen molar-refractivity contribution in [3.63, 3.8) is 0 Å². The molecule has 1 aromatic heterocycles.